The van der Waals surface area contributed by atoms with Crippen molar-refractivity contribution in [2.75, 3.05) is 0 Å². The monoisotopic (exact) mass is 184 g/mol. The Morgan fingerprint density at radius 2 is 2.25 bits per heavy atom. The zero-order valence-corrected chi connectivity index (χ0v) is 6.76. The average Bonchev–Trinajstić information content (AvgIpc) is 2.30. The zero-order chi connectivity index (χ0) is 8.72. The number of rotatable bonds is 0. The van der Waals surface area contributed by atoms with E-state index < -0.39 is 0 Å². The maximum absolute atomic E-state index is 10.8. The normalized spacial score (nSPS) is 14.2. The molecule has 1 heterocycles. The Morgan fingerprint density at radius 3 is 3.00 bits per heavy atom. The van der Waals surface area contributed by atoms with Crippen LogP contribution in [0.5, 0.6) is 11.5 Å². The highest BCUT2D eigenvalue weighted by atomic mass is 35.5. The van der Waals surface area contributed by atoms with Crippen molar-refractivity contribution in [3.05, 3.63) is 22.7 Å². The summed E-state index contributed by atoms with van der Waals surface area (Å²) < 4.78 is 4.81. The third kappa shape index (κ3) is 1.02. The highest BCUT2D eigenvalue weighted by Gasteiger charge is 2.21. The molecule has 1 N–H and O–H groups in total. The van der Waals surface area contributed by atoms with Gasteiger partial charge in [0.1, 0.15) is 11.5 Å². The third-order valence-electron chi connectivity index (χ3n) is 1.69. The second kappa shape index (κ2) is 2.38. The van der Waals surface area contributed by atoms with E-state index in [2.05, 4.69) is 0 Å². The molecule has 0 radical (unpaired) electrons. The Morgan fingerprint density at radius 1 is 1.50 bits per heavy atom. The summed E-state index contributed by atoms with van der Waals surface area (Å²) >= 11 is 5.60. The van der Waals surface area contributed by atoms with Crippen molar-refractivity contribution in [2.24, 2.45) is 0 Å². The lowest BCUT2D eigenvalue weighted by atomic mass is 10.1. The molecule has 0 saturated heterocycles. The van der Waals surface area contributed by atoms with Crippen LogP contribution in [0, 0.1) is 0 Å². The summed E-state index contributed by atoms with van der Waals surface area (Å²) in [6.07, 6.45) is 0.208. The molecule has 0 unspecified atom stereocenters. The van der Waals surface area contributed by atoms with E-state index in [0.717, 1.165) is 0 Å². The molecule has 0 saturated carbocycles. The van der Waals surface area contributed by atoms with E-state index in [1.54, 1.807) is 0 Å². The molecule has 0 fully saturated rings. The van der Waals surface area contributed by atoms with E-state index in [1.165, 1.54) is 12.1 Å². The van der Waals surface area contributed by atoms with Crippen LogP contribution in [0.25, 0.3) is 0 Å². The van der Waals surface area contributed by atoms with E-state index in [9.17, 15) is 9.90 Å². The predicted molar refractivity (Wildman–Crippen MR) is 42.5 cm³/mol. The van der Waals surface area contributed by atoms with E-state index in [1.807, 2.05) is 0 Å². The van der Waals surface area contributed by atoms with Crippen molar-refractivity contribution in [3.8, 4) is 11.5 Å². The standard InChI is InChI=1S/C8H5ClO3/c9-5-3-7-4(1-6(5)10)2-8(11)12-7/h1,3,10H,2H2. The van der Waals surface area contributed by atoms with Crippen LogP contribution in [0.3, 0.4) is 0 Å². The van der Waals surface area contributed by atoms with Crippen LogP contribution in [0.15, 0.2) is 12.1 Å². The van der Waals surface area contributed by atoms with Crippen molar-refractivity contribution in [1.82, 2.24) is 0 Å². The van der Waals surface area contributed by atoms with Gasteiger partial charge in [0, 0.05) is 11.6 Å². The van der Waals surface area contributed by atoms with Crippen molar-refractivity contribution in [1.29, 1.82) is 0 Å². The quantitative estimate of drug-likeness (QED) is 0.491. The molecule has 3 nitrogen and oxygen atoms in total. The molecule has 0 aromatic heterocycles. The molecule has 0 amide bonds. The molecule has 1 aromatic rings. The number of carbonyl (C=O) groups is 1. The van der Waals surface area contributed by atoms with Gasteiger partial charge in [0.25, 0.3) is 0 Å². The van der Waals surface area contributed by atoms with Crippen LogP contribution in [-0.2, 0) is 11.2 Å². The number of ether oxygens (including phenoxy) is 1. The fourth-order valence-electron chi connectivity index (χ4n) is 1.13. The Labute approximate surface area is 73.5 Å². The fraction of sp³-hybridized carbons (Fsp3) is 0.125. The Balaban J connectivity index is 2.55. The largest absolute Gasteiger partial charge is 0.506 e. The number of esters is 1. The molecule has 4 heteroatoms. The van der Waals surface area contributed by atoms with Gasteiger partial charge in [-0.2, -0.15) is 0 Å². The van der Waals surface area contributed by atoms with Crippen molar-refractivity contribution in [3.63, 3.8) is 0 Å². The lowest BCUT2D eigenvalue weighted by Crippen LogP contribution is -2.00. The zero-order valence-electron chi connectivity index (χ0n) is 6.00. The van der Waals surface area contributed by atoms with E-state index in [4.69, 9.17) is 16.3 Å². The molecular weight excluding hydrogens is 180 g/mol. The molecule has 0 bridgehead atoms. The molecule has 1 aliphatic heterocycles. The lowest BCUT2D eigenvalue weighted by molar-refractivity contribution is -0.131. The first-order valence-corrected chi connectivity index (χ1v) is 3.76. The van der Waals surface area contributed by atoms with Gasteiger partial charge in [-0.1, -0.05) is 11.6 Å². The SMILES string of the molecule is O=C1Cc2cc(O)c(Cl)cc2O1. The number of hydrogen-bond acceptors (Lipinski definition) is 3. The van der Waals surface area contributed by atoms with Crippen LogP contribution < -0.4 is 4.74 Å². The summed E-state index contributed by atoms with van der Waals surface area (Å²) in [7, 11) is 0. The first kappa shape index (κ1) is 7.43. The number of hydrogen-bond donors (Lipinski definition) is 1. The number of benzene rings is 1. The minimum absolute atomic E-state index is 0.0197. The molecule has 1 aliphatic rings. The highest BCUT2D eigenvalue weighted by Crippen LogP contribution is 2.34. The Kier molecular flexibility index (Phi) is 1.48. The van der Waals surface area contributed by atoms with Crippen LogP contribution in [0.1, 0.15) is 5.56 Å². The highest BCUT2D eigenvalue weighted by molar-refractivity contribution is 6.32. The van der Waals surface area contributed by atoms with E-state index >= 15 is 0 Å². The Bertz CT molecular complexity index is 327. The minimum atomic E-state index is -0.313. The van der Waals surface area contributed by atoms with Gasteiger partial charge in [0.15, 0.2) is 0 Å². The molecule has 12 heavy (non-hydrogen) atoms. The van der Waals surface area contributed by atoms with Crippen LogP contribution in [0.4, 0.5) is 0 Å². The first-order valence-electron chi connectivity index (χ1n) is 3.39. The molecule has 0 spiro atoms. The summed E-state index contributed by atoms with van der Waals surface area (Å²) in [4.78, 5) is 10.8. The summed E-state index contributed by atoms with van der Waals surface area (Å²) in [5, 5.41) is 9.37. The molecule has 2 rings (SSSR count). The molecule has 0 aliphatic carbocycles. The third-order valence-corrected chi connectivity index (χ3v) is 1.99. The summed E-state index contributed by atoms with van der Waals surface area (Å²) in [6, 6.07) is 2.89. The summed E-state index contributed by atoms with van der Waals surface area (Å²) in [6.45, 7) is 0. The fourth-order valence-corrected chi connectivity index (χ4v) is 1.29. The average molecular weight is 185 g/mol. The van der Waals surface area contributed by atoms with Crippen LogP contribution >= 0.6 is 11.6 Å². The molecule has 1 aromatic carbocycles. The number of phenolic OH excluding ortho intramolecular Hbond substituents is 1. The van der Waals surface area contributed by atoms with E-state index in [-0.39, 0.29) is 23.2 Å². The number of phenols is 1. The first-order chi connectivity index (χ1) is 5.66. The topological polar surface area (TPSA) is 46.5 Å². The smallest absolute Gasteiger partial charge is 0.315 e. The summed E-state index contributed by atoms with van der Waals surface area (Å²) in [5.74, 6) is 0.114. The molecular formula is C8H5ClO3. The van der Waals surface area contributed by atoms with Gasteiger partial charge >= 0.3 is 5.97 Å². The van der Waals surface area contributed by atoms with Gasteiger partial charge in [0.05, 0.1) is 11.4 Å². The second-order valence-electron chi connectivity index (χ2n) is 2.56. The number of aromatic hydroxyl groups is 1. The van der Waals surface area contributed by atoms with Gasteiger partial charge in [-0.05, 0) is 6.07 Å². The molecule has 62 valence electrons. The van der Waals surface area contributed by atoms with Gasteiger partial charge < -0.3 is 9.84 Å². The van der Waals surface area contributed by atoms with Crippen LogP contribution in [0.2, 0.25) is 5.02 Å². The van der Waals surface area contributed by atoms with Crippen molar-refractivity contribution < 1.29 is 14.6 Å². The van der Waals surface area contributed by atoms with Gasteiger partial charge in [-0.25, -0.2) is 0 Å². The second-order valence-corrected chi connectivity index (χ2v) is 2.97. The van der Waals surface area contributed by atoms with Crippen LogP contribution in [-0.4, -0.2) is 11.1 Å². The van der Waals surface area contributed by atoms with E-state index in [0.29, 0.717) is 11.3 Å². The molecule has 0 atom stereocenters. The van der Waals surface area contributed by atoms with Gasteiger partial charge in [-0.15, -0.1) is 0 Å². The van der Waals surface area contributed by atoms with Gasteiger partial charge in [0.2, 0.25) is 0 Å². The van der Waals surface area contributed by atoms with Gasteiger partial charge in [-0.3, -0.25) is 4.79 Å². The Hall–Kier alpha value is -1.22. The summed E-state index contributed by atoms with van der Waals surface area (Å²) in [5.41, 5.74) is 0.682. The van der Waals surface area contributed by atoms with Crippen molar-refractivity contribution in [2.45, 2.75) is 6.42 Å². The van der Waals surface area contributed by atoms with Crippen molar-refractivity contribution >= 4 is 17.6 Å². The predicted octanol–water partition coefficient (Wildman–Crippen LogP) is 1.51. The maximum atomic E-state index is 10.8. The maximum Gasteiger partial charge on any atom is 0.315 e. The lowest BCUT2D eigenvalue weighted by Gasteiger charge is -1.99. The minimum Gasteiger partial charge on any atom is -0.506 e. The number of carbonyl (C=O) groups excluding carboxylic acids is 1. The number of fused-ring (bicyclic) bond motifs is 1. The number of halogens is 1.